The number of allylic oxidation sites excluding steroid dienone is 6. The maximum absolute atomic E-state index is 13.0. The van der Waals surface area contributed by atoms with E-state index in [1.807, 2.05) is 25.1 Å². The summed E-state index contributed by atoms with van der Waals surface area (Å²) in [5.74, 6) is -1.56. The summed E-state index contributed by atoms with van der Waals surface area (Å²) in [5.41, 5.74) is 10.3. The molecule has 3 amide bonds. The van der Waals surface area contributed by atoms with Crippen LogP contribution in [0.3, 0.4) is 0 Å². The van der Waals surface area contributed by atoms with Gasteiger partial charge < -0.3 is 20.8 Å². The van der Waals surface area contributed by atoms with Crippen molar-refractivity contribution < 1.29 is 14.4 Å². The van der Waals surface area contributed by atoms with Crippen LogP contribution in [0.4, 0.5) is 0 Å². The van der Waals surface area contributed by atoms with Gasteiger partial charge in [0, 0.05) is 12.1 Å². The van der Waals surface area contributed by atoms with Crippen LogP contribution in [-0.4, -0.2) is 41.3 Å². The molecule has 0 bridgehead atoms. The molecule has 4 rings (SSSR count). The third-order valence-electron chi connectivity index (χ3n) is 6.44. The molecule has 7 nitrogen and oxygen atoms in total. The number of hydrogen-bond donors (Lipinski definition) is 2. The van der Waals surface area contributed by atoms with Gasteiger partial charge in [-0.15, -0.1) is 0 Å². The highest BCUT2D eigenvalue weighted by Gasteiger charge is 2.45. The molecule has 2 heterocycles. The standard InChI is InChI=1S/C25H29BN4O3/c1-3-21(25(33)28-16(2)24(27)32)26-29-22(15-20-13-14-23(31)30(20)26)19-11-9-18(10-12-19)17-7-5-4-6-8-17/h5,7-12,15-16,21H,3-4,6,13-14H2,1-2H3,(H2,27,32)(H,28,33)/t16-,21?/m0/s1. The van der Waals surface area contributed by atoms with E-state index < -0.39 is 24.7 Å². The molecule has 0 aromatic heterocycles. The summed E-state index contributed by atoms with van der Waals surface area (Å²) in [7, 11) is 0. The molecule has 2 atom stereocenters. The molecular formula is C25H29BN4O3. The van der Waals surface area contributed by atoms with Crippen LogP contribution >= 0.6 is 0 Å². The quantitative estimate of drug-likeness (QED) is 0.632. The van der Waals surface area contributed by atoms with E-state index in [0.717, 1.165) is 35.4 Å². The lowest BCUT2D eigenvalue weighted by Crippen LogP contribution is -2.51. The number of nitrogens with zero attached hydrogens (tertiary/aromatic N) is 2. The molecule has 0 radical (unpaired) electrons. The van der Waals surface area contributed by atoms with Crippen molar-refractivity contribution in [2.24, 2.45) is 10.6 Å². The van der Waals surface area contributed by atoms with E-state index in [-0.39, 0.29) is 11.8 Å². The summed E-state index contributed by atoms with van der Waals surface area (Å²) >= 11 is 0. The van der Waals surface area contributed by atoms with Crippen LogP contribution in [0.5, 0.6) is 0 Å². The summed E-state index contributed by atoms with van der Waals surface area (Å²) in [6.07, 6.45) is 12.1. The largest absolute Gasteiger partial charge is 0.414 e. The van der Waals surface area contributed by atoms with E-state index >= 15 is 0 Å². The van der Waals surface area contributed by atoms with Crippen molar-refractivity contribution in [2.75, 3.05) is 0 Å². The van der Waals surface area contributed by atoms with Gasteiger partial charge >= 0.3 is 6.98 Å². The van der Waals surface area contributed by atoms with Crippen LogP contribution in [-0.2, 0) is 14.4 Å². The zero-order valence-electron chi connectivity index (χ0n) is 19.1. The third kappa shape index (κ3) is 4.70. The maximum Gasteiger partial charge on any atom is 0.414 e. The predicted octanol–water partition coefficient (Wildman–Crippen LogP) is 2.99. The number of primary amides is 1. The van der Waals surface area contributed by atoms with Crippen LogP contribution < -0.4 is 11.1 Å². The molecule has 1 fully saturated rings. The second-order valence-corrected chi connectivity index (χ2v) is 8.69. The molecule has 1 saturated heterocycles. The van der Waals surface area contributed by atoms with Crippen LogP contribution in [0.2, 0.25) is 5.82 Å². The average Bonchev–Trinajstić information content (AvgIpc) is 3.20. The molecule has 3 aliphatic rings. The van der Waals surface area contributed by atoms with E-state index in [9.17, 15) is 14.4 Å². The Morgan fingerprint density at radius 3 is 2.55 bits per heavy atom. The zero-order valence-corrected chi connectivity index (χ0v) is 19.1. The molecule has 1 unspecified atom stereocenters. The van der Waals surface area contributed by atoms with Crippen molar-refractivity contribution in [3.63, 3.8) is 0 Å². The van der Waals surface area contributed by atoms with Gasteiger partial charge in [0.2, 0.25) is 17.7 Å². The SMILES string of the molecule is CCC(B1N=C(c2ccc(C3=CCCC=C3)cc2)C=C2CCC(=O)N12)C(=O)N[C@@H](C)C(N)=O. The number of rotatable bonds is 7. The van der Waals surface area contributed by atoms with Gasteiger partial charge in [-0.3, -0.25) is 14.4 Å². The Balaban J connectivity index is 1.64. The first kappa shape index (κ1) is 22.8. The van der Waals surface area contributed by atoms with Crippen LogP contribution in [0, 0.1) is 0 Å². The van der Waals surface area contributed by atoms with Crippen LogP contribution in [0.25, 0.3) is 5.57 Å². The number of fused-ring (bicyclic) bond motifs is 1. The Labute approximate surface area is 194 Å². The second-order valence-electron chi connectivity index (χ2n) is 8.69. The van der Waals surface area contributed by atoms with Crippen molar-refractivity contribution in [3.8, 4) is 0 Å². The zero-order chi connectivity index (χ0) is 23.5. The molecule has 1 aromatic rings. The lowest BCUT2D eigenvalue weighted by Gasteiger charge is -2.32. The molecule has 8 heteroatoms. The number of benzene rings is 1. The number of hydrogen-bond acceptors (Lipinski definition) is 4. The van der Waals surface area contributed by atoms with Gasteiger partial charge in [0.25, 0.3) is 0 Å². The third-order valence-corrected chi connectivity index (χ3v) is 6.44. The molecular weight excluding hydrogens is 415 g/mol. The molecule has 2 aliphatic heterocycles. The number of carbonyl (C=O) groups is 3. The van der Waals surface area contributed by atoms with Gasteiger partial charge in [-0.2, -0.15) is 0 Å². The minimum atomic E-state index is -0.793. The second kappa shape index (κ2) is 9.61. The maximum atomic E-state index is 13.0. The highest BCUT2D eigenvalue weighted by Crippen LogP contribution is 2.34. The first-order valence-corrected chi connectivity index (χ1v) is 11.6. The topological polar surface area (TPSA) is 105 Å². The summed E-state index contributed by atoms with van der Waals surface area (Å²) in [5, 5.41) is 2.67. The monoisotopic (exact) mass is 444 g/mol. The van der Waals surface area contributed by atoms with Crippen molar-refractivity contribution in [2.45, 2.75) is 57.8 Å². The van der Waals surface area contributed by atoms with E-state index in [1.54, 1.807) is 11.7 Å². The summed E-state index contributed by atoms with van der Waals surface area (Å²) in [6.45, 7) is 2.78. The smallest absolute Gasteiger partial charge is 0.368 e. The lowest BCUT2D eigenvalue weighted by atomic mass is 9.58. The van der Waals surface area contributed by atoms with Gasteiger partial charge in [-0.25, -0.2) is 0 Å². The predicted molar refractivity (Wildman–Crippen MR) is 130 cm³/mol. The Morgan fingerprint density at radius 2 is 1.91 bits per heavy atom. The molecule has 33 heavy (non-hydrogen) atoms. The number of nitrogens with one attached hydrogen (secondary N) is 1. The number of nitrogens with two attached hydrogens (primary N) is 1. The fourth-order valence-corrected chi connectivity index (χ4v) is 4.50. The Hall–Kier alpha value is -3.42. The van der Waals surface area contributed by atoms with Crippen molar-refractivity contribution in [3.05, 3.63) is 65.4 Å². The average molecular weight is 444 g/mol. The number of amides is 3. The van der Waals surface area contributed by atoms with E-state index in [1.165, 1.54) is 5.57 Å². The van der Waals surface area contributed by atoms with Gasteiger partial charge in [0.05, 0.1) is 11.5 Å². The fraction of sp³-hybridized carbons (Fsp3) is 0.360. The van der Waals surface area contributed by atoms with E-state index in [2.05, 4.69) is 35.7 Å². The van der Waals surface area contributed by atoms with Crippen molar-refractivity contribution >= 4 is 36.0 Å². The molecule has 1 aliphatic carbocycles. The van der Waals surface area contributed by atoms with Crippen LogP contribution in [0.15, 0.2) is 59.2 Å². The summed E-state index contributed by atoms with van der Waals surface area (Å²) in [6, 6.07) is 7.44. The highest BCUT2D eigenvalue weighted by molar-refractivity contribution is 6.65. The Morgan fingerprint density at radius 1 is 1.18 bits per heavy atom. The Bertz CT molecular complexity index is 1090. The first-order chi connectivity index (χ1) is 15.9. The molecule has 0 spiro atoms. The van der Waals surface area contributed by atoms with Gasteiger partial charge in [-0.05, 0) is 55.4 Å². The van der Waals surface area contributed by atoms with E-state index in [4.69, 9.17) is 10.6 Å². The normalized spacial score (nSPS) is 19.3. The lowest BCUT2D eigenvalue weighted by molar-refractivity contribution is -0.127. The van der Waals surface area contributed by atoms with Gasteiger partial charge in [-0.1, -0.05) is 49.4 Å². The molecule has 0 saturated carbocycles. The Kier molecular flexibility index (Phi) is 6.63. The van der Waals surface area contributed by atoms with Crippen LogP contribution in [0.1, 0.15) is 57.1 Å². The van der Waals surface area contributed by atoms with Crippen molar-refractivity contribution in [1.29, 1.82) is 0 Å². The minimum absolute atomic E-state index is 0.0328. The highest BCUT2D eigenvalue weighted by atomic mass is 16.2. The summed E-state index contributed by atoms with van der Waals surface area (Å²) in [4.78, 5) is 43.6. The van der Waals surface area contributed by atoms with Gasteiger partial charge in [0.15, 0.2) is 0 Å². The van der Waals surface area contributed by atoms with Crippen molar-refractivity contribution in [1.82, 2.24) is 10.1 Å². The van der Waals surface area contributed by atoms with Gasteiger partial charge in [0.1, 0.15) is 6.04 Å². The number of carbonyl (C=O) groups excluding carboxylic acids is 3. The minimum Gasteiger partial charge on any atom is -0.368 e. The van der Waals surface area contributed by atoms with E-state index in [0.29, 0.717) is 19.3 Å². The summed E-state index contributed by atoms with van der Waals surface area (Å²) < 4.78 is 0. The molecule has 3 N–H and O–H groups in total. The molecule has 1 aromatic carbocycles. The first-order valence-electron chi connectivity index (χ1n) is 11.6. The molecule has 170 valence electrons. The fourth-order valence-electron chi connectivity index (χ4n) is 4.50.